The van der Waals surface area contributed by atoms with Gasteiger partial charge < -0.3 is 14.5 Å². The Morgan fingerprint density at radius 1 is 1.09 bits per heavy atom. The first-order chi connectivity index (χ1) is 16.7. The second kappa shape index (κ2) is 9.67. The zero-order valence-corrected chi connectivity index (χ0v) is 22.5. The van der Waals surface area contributed by atoms with Crippen LogP contribution in [0.3, 0.4) is 0 Å². The summed E-state index contributed by atoms with van der Waals surface area (Å²) < 4.78 is 6.67. The maximum absolute atomic E-state index is 13.5. The van der Waals surface area contributed by atoms with Gasteiger partial charge in [-0.25, -0.2) is 15.8 Å². The number of carbonyl (C=O) groups excluding carboxylic acids is 2. The zero-order valence-electron chi connectivity index (χ0n) is 20.3. The highest BCUT2D eigenvalue weighted by Gasteiger charge is 2.44. The van der Waals surface area contributed by atoms with Crippen molar-refractivity contribution >= 4 is 45.9 Å². The van der Waals surface area contributed by atoms with E-state index in [1.165, 1.54) is 12.8 Å². The average Bonchev–Trinajstić information content (AvgIpc) is 3.61. The largest absolute Gasteiger partial charge is 0.375 e. The number of aromatic nitrogens is 1. The van der Waals surface area contributed by atoms with Crippen LogP contribution >= 0.6 is 22.6 Å². The molecule has 0 radical (unpaired) electrons. The lowest BCUT2D eigenvalue weighted by molar-refractivity contribution is 0.0529. The number of carbonyl (C=O) groups is 2. The molecule has 2 aliphatic heterocycles. The van der Waals surface area contributed by atoms with E-state index in [1.54, 1.807) is 12.1 Å². The molecule has 3 fully saturated rings. The van der Waals surface area contributed by atoms with Crippen molar-refractivity contribution in [2.75, 3.05) is 42.6 Å². The predicted molar refractivity (Wildman–Crippen MR) is 144 cm³/mol. The molecule has 1 spiro atoms. The summed E-state index contributed by atoms with van der Waals surface area (Å²) in [6, 6.07) is 9.29. The highest BCUT2D eigenvalue weighted by Crippen LogP contribution is 2.54. The Hall–Kier alpha value is -2.24. The molecule has 1 saturated carbocycles. The van der Waals surface area contributed by atoms with Crippen molar-refractivity contribution in [1.29, 1.82) is 0 Å². The third-order valence-corrected chi connectivity index (χ3v) is 8.16. The number of hydrogen-bond donors (Lipinski definition) is 1. The van der Waals surface area contributed by atoms with Crippen molar-refractivity contribution in [2.45, 2.75) is 45.6 Å². The van der Waals surface area contributed by atoms with Crippen LogP contribution in [0.4, 0.5) is 11.5 Å². The zero-order chi connectivity index (χ0) is 24.7. The number of halogens is 1. The number of pyridine rings is 1. The van der Waals surface area contributed by atoms with E-state index in [0.29, 0.717) is 41.5 Å². The molecule has 1 unspecified atom stereocenters. The predicted octanol–water partition coefficient (Wildman–Crippen LogP) is 3.76. The van der Waals surface area contributed by atoms with Crippen molar-refractivity contribution in [3.8, 4) is 0 Å². The molecule has 5 rings (SSSR count). The molecule has 2 amide bonds. The maximum Gasteiger partial charge on any atom is 0.293 e. The van der Waals surface area contributed by atoms with E-state index in [1.807, 2.05) is 32.0 Å². The first-order valence-corrected chi connectivity index (χ1v) is 13.4. The smallest absolute Gasteiger partial charge is 0.293 e. The highest BCUT2D eigenvalue weighted by atomic mass is 127. The monoisotopic (exact) mass is 589 g/mol. The lowest BCUT2D eigenvalue weighted by atomic mass is 9.93. The molecule has 186 valence electrons. The SMILES string of the molecule is Cc1cc(C(=O)N(N)C(=O)c2ccc(I)cc2N2CCC3(CC2)CC3)nc(N2CCOC(C)C2)c1. The van der Waals surface area contributed by atoms with Crippen molar-refractivity contribution in [1.82, 2.24) is 9.99 Å². The van der Waals surface area contributed by atoms with Gasteiger partial charge in [-0.15, -0.1) is 0 Å². The molecule has 9 heteroatoms. The summed E-state index contributed by atoms with van der Waals surface area (Å²) in [5.74, 6) is 5.73. The second-order valence-corrected chi connectivity index (χ2v) is 11.4. The Kier molecular flexibility index (Phi) is 6.75. The fraction of sp³-hybridized carbons (Fsp3) is 0.500. The number of piperidine rings is 1. The van der Waals surface area contributed by atoms with Crippen LogP contribution in [0.2, 0.25) is 0 Å². The fourth-order valence-electron chi connectivity index (χ4n) is 5.14. The Morgan fingerprint density at radius 3 is 2.51 bits per heavy atom. The van der Waals surface area contributed by atoms with Gasteiger partial charge in [-0.2, -0.15) is 0 Å². The number of hydrogen-bond acceptors (Lipinski definition) is 7. The number of hydrazine groups is 1. The van der Waals surface area contributed by atoms with Crippen LogP contribution in [-0.2, 0) is 4.74 Å². The van der Waals surface area contributed by atoms with Gasteiger partial charge in [-0.3, -0.25) is 9.59 Å². The Bertz CT molecular complexity index is 1140. The normalized spacial score (nSPS) is 21.2. The minimum atomic E-state index is -0.610. The number of anilines is 2. The molecule has 3 heterocycles. The van der Waals surface area contributed by atoms with Gasteiger partial charge in [0, 0.05) is 29.7 Å². The summed E-state index contributed by atoms with van der Waals surface area (Å²) in [7, 11) is 0. The molecule has 1 atom stereocenters. The van der Waals surface area contributed by atoms with Crippen LogP contribution in [0.1, 0.15) is 59.0 Å². The minimum Gasteiger partial charge on any atom is -0.375 e. The molecule has 0 bridgehead atoms. The van der Waals surface area contributed by atoms with Crippen LogP contribution in [-0.4, -0.2) is 60.7 Å². The van der Waals surface area contributed by atoms with E-state index in [-0.39, 0.29) is 11.8 Å². The molecule has 35 heavy (non-hydrogen) atoms. The fourth-order valence-corrected chi connectivity index (χ4v) is 5.61. The molecule has 1 aromatic carbocycles. The van der Waals surface area contributed by atoms with E-state index in [2.05, 4.69) is 37.4 Å². The molecular weight excluding hydrogens is 557 g/mol. The first kappa shape index (κ1) is 24.5. The number of imide groups is 1. The summed E-state index contributed by atoms with van der Waals surface area (Å²) in [5, 5.41) is 0.714. The molecule has 3 aliphatic rings. The minimum absolute atomic E-state index is 0.0849. The Morgan fingerprint density at radius 2 is 1.83 bits per heavy atom. The van der Waals surface area contributed by atoms with Gasteiger partial charge >= 0.3 is 0 Å². The number of rotatable bonds is 4. The lowest BCUT2D eigenvalue weighted by Gasteiger charge is -2.35. The molecule has 1 aromatic heterocycles. The Labute approximate surface area is 219 Å². The van der Waals surface area contributed by atoms with Gasteiger partial charge in [0.2, 0.25) is 0 Å². The van der Waals surface area contributed by atoms with Crippen LogP contribution in [0.25, 0.3) is 0 Å². The second-order valence-electron chi connectivity index (χ2n) is 10.1. The molecule has 1 aliphatic carbocycles. The van der Waals surface area contributed by atoms with E-state index < -0.39 is 11.8 Å². The van der Waals surface area contributed by atoms with Crippen LogP contribution in [0.15, 0.2) is 30.3 Å². The molecular formula is C26H32IN5O3. The van der Waals surface area contributed by atoms with Crippen LogP contribution in [0.5, 0.6) is 0 Å². The van der Waals surface area contributed by atoms with Gasteiger partial charge in [0.25, 0.3) is 11.8 Å². The average molecular weight is 589 g/mol. The van der Waals surface area contributed by atoms with Crippen LogP contribution in [0, 0.1) is 15.9 Å². The summed E-state index contributed by atoms with van der Waals surface area (Å²) in [5.41, 5.74) is 2.88. The Balaban J connectivity index is 1.38. The van der Waals surface area contributed by atoms with E-state index in [9.17, 15) is 9.59 Å². The van der Waals surface area contributed by atoms with Gasteiger partial charge in [0.1, 0.15) is 11.5 Å². The van der Waals surface area contributed by atoms with E-state index in [0.717, 1.165) is 40.8 Å². The van der Waals surface area contributed by atoms with Crippen molar-refractivity contribution in [3.05, 3.63) is 50.7 Å². The number of morpholine rings is 1. The van der Waals surface area contributed by atoms with E-state index in [4.69, 9.17) is 10.6 Å². The number of aryl methyl sites for hydroxylation is 1. The van der Waals surface area contributed by atoms with Crippen molar-refractivity contribution in [3.63, 3.8) is 0 Å². The van der Waals surface area contributed by atoms with Crippen molar-refractivity contribution in [2.24, 2.45) is 11.3 Å². The molecule has 2 aromatic rings. The molecule has 2 saturated heterocycles. The van der Waals surface area contributed by atoms with E-state index >= 15 is 0 Å². The van der Waals surface area contributed by atoms with Gasteiger partial charge in [-0.1, -0.05) is 0 Å². The lowest BCUT2D eigenvalue weighted by Crippen LogP contribution is -2.45. The highest BCUT2D eigenvalue weighted by molar-refractivity contribution is 14.1. The van der Waals surface area contributed by atoms with Crippen molar-refractivity contribution < 1.29 is 14.3 Å². The number of amides is 2. The van der Waals surface area contributed by atoms with Gasteiger partial charge in [-0.05, 0) is 103 Å². The summed E-state index contributed by atoms with van der Waals surface area (Å²) >= 11 is 2.26. The standard InChI is InChI=1S/C26H32IN5O3/c1-17-13-21(29-23(14-17)31-11-12-35-18(2)16-31)25(34)32(28)24(33)20-4-3-19(27)15-22(20)30-9-7-26(5-6-26)8-10-30/h3-4,13-15,18H,5-12,16,28H2,1-2H3. The maximum atomic E-state index is 13.5. The third kappa shape index (κ3) is 5.17. The quantitative estimate of drug-likeness (QED) is 0.191. The summed E-state index contributed by atoms with van der Waals surface area (Å²) in [4.78, 5) is 35.7. The number of benzene rings is 1. The summed E-state index contributed by atoms with van der Waals surface area (Å²) in [6.45, 7) is 7.75. The topological polar surface area (TPSA) is 92.0 Å². The first-order valence-electron chi connectivity index (χ1n) is 12.3. The summed E-state index contributed by atoms with van der Waals surface area (Å²) in [6.07, 6.45) is 5.01. The number of ether oxygens (including phenoxy) is 1. The number of nitrogens with zero attached hydrogens (tertiary/aromatic N) is 4. The molecule has 8 nitrogen and oxygen atoms in total. The third-order valence-electron chi connectivity index (χ3n) is 7.49. The van der Waals surface area contributed by atoms with Gasteiger partial charge in [0.15, 0.2) is 0 Å². The van der Waals surface area contributed by atoms with Crippen LogP contribution < -0.4 is 15.6 Å². The number of nitrogens with two attached hydrogens (primary N) is 1. The van der Waals surface area contributed by atoms with Gasteiger partial charge in [0.05, 0.1) is 24.0 Å². The molecule has 2 N–H and O–H groups in total.